The van der Waals surface area contributed by atoms with Crippen LogP contribution in [0, 0.1) is 6.92 Å². The minimum Gasteiger partial charge on any atom is -0.479 e. The number of aryl methyl sites for hydroxylation is 1. The Hall–Kier alpha value is -2.33. The van der Waals surface area contributed by atoms with E-state index in [0.29, 0.717) is 17.1 Å². The minimum atomic E-state index is -1.90. The van der Waals surface area contributed by atoms with Gasteiger partial charge in [-0.2, -0.15) is 0 Å². The molecule has 2 aromatic carbocycles. The maximum Gasteiger partial charge on any atom is 0.340 e. The van der Waals surface area contributed by atoms with Gasteiger partial charge < -0.3 is 14.9 Å². The lowest BCUT2D eigenvalue weighted by atomic mass is 9.96. The number of carboxylic acids is 1. The summed E-state index contributed by atoms with van der Waals surface area (Å²) in [7, 11) is 0. The van der Waals surface area contributed by atoms with Crippen LogP contribution in [-0.4, -0.2) is 16.2 Å². The Balaban J connectivity index is 2.16. The largest absolute Gasteiger partial charge is 0.479 e. The minimum absolute atomic E-state index is 0.307. The zero-order valence-electron chi connectivity index (χ0n) is 11.3. The second kappa shape index (κ2) is 5.35. The Bertz CT molecular complexity index is 597. The molecule has 1 unspecified atom stereocenters. The standard InChI is InChI=1S/C16H16O4/c1-11-3-7-13(8-4-11)20-14-9-5-12(6-10-14)16(2,19)15(17)18/h3-10,19H,1-2H3,(H,17,18). The van der Waals surface area contributed by atoms with Gasteiger partial charge in [0, 0.05) is 0 Å². The average molecular weight is 272 g/mol. The third-order valence-corrected chi connectivity index (χ3v) is 3.09. The molecule has 1 atom stereocenters. The molecule has 0 fully saturated rings. The molecule has 2 N–H and O–H groups in total. The second-order valence-corrected chi connectivity index (χ2v) is 4.82. The summed E-state index contributed by atoms with van der Waals surface area (Å²) >= 11 is 0. The van der Waals surface area contributed by atoms with E-state index in [4.69, 9.17) is 9.84 Å². The van der Waals surface area contributed by atoms with Gasteiger partial charge in [-0.1, -0.05) is 29.8 Å². The summed E-state index contributed by atoms with van der Waals surface area (Å²) < 4.78 is 5.63. The van der Waals surface area contributed by atoms with Gasteiger partial charge in [-0.25, -0.2) is 4.79 Å². The SMILES string of the molecule is Cc1ccc(Oc2ccc(C(C)(O)C(=O)O)cc2)cc1. The maximum absolute atomic E-state index is 10.9. The molecule has 0 aromatic heterocycles. The number of hydrogen-bond acceptors (Lipinski definition) is 3. The first-order valence-electron chi connectivity index (χ1n) is 6.20. The van der Waals surface area contributed by atoms with Crippen LogP contribution in [0.1, 0.15) is 18.1 Å². The molecule has 20 heavy (non-hydrogen) atoms. The zero-order valence-corrected chi connectivity index (χ0v) is 11.3. The summed E-state index contributed by atoms with van der Waals surface area (Å²) in [6.07, 6.45) is 0. The number of carbonyl (C=O) groups is 1. The Morgan fingerprint density at radius 3 is 1.90 bits per heavy atom. The summed E-state index contributed by atoms with van der Waals surface area (Å²) in [6.45, 7) is 3.23. The van der Waals surface area contributed by atoms with Crippen LogP contribution in [0.2, 0.25) is 0 Å². The van der Waals surface area contributed by atoms with Gasteiger partial charge in [-0.15, -0.1) is 0 Å². The Morgan fingerprint density at radius 2 is 1.45 bits per heavy atom. The van der Waals surface area contributed by atoms with Crippen LogP contribution in [0.3, 0.4) is 0 Å². The van der Waals surface area contributed by atoms with E-state index >= 15 is 0 Å². The van der Waals surface area contributed by atoms with Crippen molar-refractivity contribution in [2.75, 3.05) is 0 Å². The molecule has 0 aliphatic heterocycles. The first-order valence-corrected chi connectivity index (χ1v) is 6.20. The van der Waals surface area contributed by atoms with Crippen molar-refractivity contribution in [2.24, 2.45) is 0 Å². The molecule has 0 saturated heterocycles. The number of benzene rings is 2. The highest BCUT2D eigenvalue weighted by molar-refractivity contribution is 5.78. The molecule has 0 radical (unpaired) electrons. The molecule has 4 nitrogen and oxygen atoms in total. The van der Waals surface area contributed by atoms with E-state index < -0.39 is 11.6 Å². The molecule has 0 aliphatic rings. The lowest BCUT2D eigenvalue weighted by molar-refractivity contribution is -0.157. The zero-order chi connectivity index (χ0) is 14.8. The predicted molar refractivity (Wildman–Crippen MR) is 74.9 cm³/mol. The van der Waals surface area contributed by atoms with Crippen molar-refractivity contribution >= 4 is 5.97 Å². The van der Waals surface area contributed by atoms with E-state index in [2.05, 4.69) is 0 Å². The summed E-state index contributed by atoms with van der Waals surface area (Å²) in [5, 5.41) is 18.8. The lowest BCUT2D eigenvalue weighted by Gasteiger charge is -2.18. The van der Waals surface area contributed by atoms with E-state index in [0.717, 1.165) is 5.56 Å². The Labute approximate surface area is 117 Å². The van der Waals surface area contributed by atoms with Crippen molar-refractivity contribution in [3.63, 3.8) is 0 Å². The lowest BCUT2D eigenvalue weighted by Crippen LogP contribution is -2.31. The normalized spacial score (nSPS) is 13.6. The number of carboxylic acid groups (broad SMARTS) is 1. The van der Waals surface area contributed by atoms with E-state index in [1.165, 1.54) is 19.1 Å². The molecule has 0 bridgehead atoms. The molecule has 0 saturated carbocycles. The fourth-order valence-corrected chi connectivity index (χ4v) is 1.71. The highest BCUT2D eigenvalue weighted by atomic mass is 16.5. The van der Waals surface area contributed by atoms with Gasteiger partial charge in [0.1, 0.15) is 11.5 Å². The third kappa shape index (κ3) is 2.97. The molecule has 0 spiro atoms. The van der Waals surface area contributed by atoms with Crippen molar-refractivity contribution in [1.82, 2.24) is 0 Å². The molecule has 0 aliphatic carbocycles. The smallest absolute Gasteiger partial charge is 0.340 e. The van der Waals surface area contributed by atoms with Crippen molar-refractivity contribution in [3.05, 3.63) is 59.7 Å². The molecular weight excluding hydrogens is 256 g/mol. The molecule has 2 aromatic rings. The Morgan fingerprint density at radius 1 is 1.00 bits per heavy atom. The van der Waals surface area contributed by atoms with Crippen molar-refractivity contribution in [3.8, 4) is 11.5 Å². The number of hydrogen-bond donors (Lipinski definition) is 2. The molecule has 0 heterocycles. The quantitative estimate of drug-likeness (QED) is 0.897. The van der Waals surface area contributed by atoms with Crippen LogP contribution < -0.4 is 4.74 Å². The van der Waals surface area contributed by atoms with Gasteiger partial charge >= 0.3 is 5.97 Å². The monoisotopic (exact) mass is 272 g/mol. The van der Waals surface area contributed by atoms with E-state index in [9.17, 15) is 9.90 Å². The van der Waals surface area contributed by atoms with Crippen molar-refractivity contribution < 1.29 is 19.7 Å². The summed E-state index contributed by atoms with van der Waals surface area (Å²) in [6, 6.07) is 13.9. The number of aliphatic carboxylic acids is 1. The molecule has 2 rings (SSSR count). The first-order chi connectivity index (χ1) is 9.39. The van der Waals surface area contributed by atoms with Gasteiger partial charge in [0.2, 0.25) is 0 Å². The van der Waals surface area contributed by atoms with Gasteiger partial charge in [0.25, 0.3) is 0 Å². The van der Waals surface area contributed by atoms with Gasteiger partial charge in [0.15, 0.2) is 5.60 Å². The van der Waals surface area contributed by atoms with Crippen molar-refractivity contribution in [1.29, 1.82) is 0 Å². The average Bonchev–Trinajstić information content (AvgIpc) is 2.42. The number of ether oxygens (including phenoxy) is 1. The van der Waals surface area contributed by atoms with E-state index in [-0.39, 0.29) is 0 Å². The Kier molecular flexibility index (Phi) is 3.77. The molecular formula is C16H16O4. The summed E-state index contributed by atoms with van der Waals surface area (Å²) in [5.74, 6) is -0.00293. The van der Waals surface area contributed by atoms with Crippen LogP contribution in [0.4, 0.5) is 0 Å². The molecule has 4 heteroatoms. The fourth-order valence-electron chi connectivity index (χ4n) is 1.71. The second-order valence-electron chi connectivity index (χ2n) is 4.82. The summed E-state index contributed by atoms with van der Waals surface area (Å²) in [4.78, 5) is 10.9. The maximum atomic E-state index is 10.9. The number of rotatable bonds is 4. The predicted octanol–water partition coefficient (Wildman–Crippen LogP) is 3.08. The highest BCUT2D eigenvalue weighted by Gasteiger charge is 2.31. The first kappa shape index (κ1) is 14.1. The topological polar surface area (TPSA) is 66.8 Å². The van der Waals surface area contributed by atoms with Crippen LogP contribution >= 0.6 is 0 Å². The van der Waals surface area contributed by atoms with Crippen LogP contribution in [-0.2, 0) is 10.4 Å². The number of aliphatic hydroxyl groups is 1. The van der Waals surface area contributed by atoms with E-state index in [1.807, 2.05) is 31.2 Å². The third-order valence-electron chi connectivity index (χ3n) is 3.09. The van der Waals surface area contributed by atoms with Crippen molar-refractivity contribution in [2.45, 2.75) is 19.4 Å². The van der Waals surface area contributed by atoms with Crippen LogP contribution in [0.25, 0.3) is 0 Å². The van der Waals surface area contributed by atoms with Gasteiger partial charge in [0.05, 0.1) is 0 Å². The van der Waals surface area contributed by atoms with Crippen LogP contribution in [0.15, 0.2) is 48.5 Å². The van der Waals surface area contributed by atoms with Gasteiger partial charge in [-0.3, -0.25) is 0 Å². The molecule has 0 amide bonds. The molecule has 104 valence electrons. The summed E-state index contributed by atoms with van der Waals surface area (Å²) in [5.41, 5.74) is -0.450. The fraction of sp³-hybridized carbons (Fsp3) is 0.188. The van der Waals surface area contributed by atoms with Crippen LogP contribution in [0.5, 0.6) is 11.5 Å². The van der Waals surface area contributed by atoms with Gasteiger partial charge in [-0.05, 0) is 43.7 Å². The highest BCUT2D eigenvalue weighted by Crippen LogP contribution is 2.26. The van der Waals surface area contributed by atoms with E-state index in [1.54, 1.807) is 12.1 Å².